The van der Waals surface area contributed by atoms with E-state index in [1.807, 2.05) is 0 Å². The minimum absolute atomic E-state index is 0.218. The van der Waals surface area contributed by atoms with E-state index in [0.29, 0.717) is 15.6 Å². The topological polar surface area (TPSA) is 98.5 Å². The SMILES string of the molecule is CC(C)N=c1c([N+](=O)[O-])nn(-c2cccc(Cl)c2)n1O. The van der Waals surface area contributed by atoms with Crippen LogP contribution in [0.3, 0.4) is 0 Å². The Labute approximate surface area is 118 Å². The van der Waals surface area contributed by atoms with E-state index in [1.54, 1.807) is 32.0 Å². The van der Waals surface area contributed by atoms with Crippen molar-refractivity contribution < 1.29 is 10.1 Å². The predicted octanol–water partition coefficient (Wildman–Crippen LogP) is 1.78. The lowest BCUT2D eigenvalue weighted by molar-refractivity contribution is -0.391. The molecule has 0 fully saturated rings. The zero-order valence-corrected chi connectivity index (χ0v) is 11.5. The van der Waals surface area contributed by atoms with Gasteiger partial charge in [0.2, 0.25) is 0 Å². The second-order valence-corrected chi connectivity index (χ2v) is 4.72. The van der Waals surface area contributed by atoms with Crippen molar-refractivity contribution in [3.63, 3.8) is 0 Å². The summed E-state index contributed by atoms with van der Waals surface area (Å²) < 4.78 is 0. The van der Waals surface area contributed by atoms with E-state index in [4.69, 9.17) is 11.6 Å². The molecule has 1 aromatic carbocycles. The molecule has 1 N–H and O–H groups in total. The van der Waals surface area contributed by atoms with Crippen LogP contribution in [0.2, 0.25) is 5.02 Å². The highest BCUT2D eigenvalue weighted by atomic mass is 35.5. The lowest BCUT2D eigenvalue weighted by Crippen LogP contribution is -2.23. The molecule has 0 aliphatic heterocycles. The van der Waals surface area contributed by atoms with Crippen molar-refractivity contribution >= 4 is 17.4 Å². The molecule has 9 heteroatoms. The Morgan fingerprint density at radius 2 is 2.20 bits per heavy atom. The van der Waals surface area contributed by atoms with E-state index in [0.717, 1.165) is 4.80 Å². The lowest BCUT2D eigenvalue weighted by Gasteiger charge is -2.00. The summed E-state index contributed by atoms with van der Waals surface area (Å²) >= 11 is 5.85. The summed E-state index contributed by atoms with van der Waals surface area (Å²) in [7, 11) is 0. The molecule has 2 aromatic rings. The Morgan fingerprint density at radius 1 is 1.50 bits per heavy atom. The molecule has 0 spiro atoms. The smallest absolute Gasteiger partial charge is 0.409 e. The van der Waals surface area contributed by atoms with Gasteiger partial charge in [0.1, 0.15) is 5.69 Å². The van der Waals surface area contributed by atoms with Gasteiger partial charge in [-0.2, -0.15) is 0 Å². The molecule has 0 aliphatic carbocycles. The van der Waals surface area contributed by atoms with Crippen molar-refractivity contribution in [2.45, 2.75) is 19.9 Å². The third-order valence-electron chi connectivity index (χ3n) is 2.35. The first-order chi connectivity index (χ1) is 9.40. The van der Waals surface area contributed by atoms with Crippen LogP contribution in [0.4, 0.5) is 5.82 Å². The Morgan fingerprint density at radius 3 is 2.75 bits per heavy atom. The molecule has 1 aromatic heterocycles. The van der Waals surface area contributed by atoms with Crippen LogP contribution in [0.5, 0.6) is 0 Å². The zero-order chi connectivity index (χ0) is 14.9. The van der Waals surface area contributed by atoms with Crippen LogP contribution in [-0.4, -0.2) is 30.9 Å². The highest BCUT2D eigenvalue weighted by molar-refractivity contribution is 6.30. The van der Waals surface area contributed by atoms with E-state index in [2.05, 4.69) is 10.1 Å². The normalized spacial score (nSPS) is 12.1. The summed E-state index contributed by atoms with van der Waals surface area (Å²) in [6.07, 6.45) is 0. The van der Waals surface area contributed by atoms with Crippen LogP contribution in [0.25, 0.3) is 5.69 Å². The molecule has 106 valence electrons. The van der Waals surface area contributed by atoms with Gasteiger partial charge in [0.25, 0.3) is 5.49 Å². The van der Waals surface area contributed by atoms with Gasteiger partial charge in [0.15, 0.2) is 0 Å². The molecule has 0 bridgehead atoms. The van der Waals surface area contributed by atoms with E-state index in [1.165, 1.54) is 6.07 Å². The van der Waals surface area contributed by atoms with Gasteiger partial charge in [-0.1, -0.05) is 22.5 Å². The molecular formula is C11H12ClN5O3. The second-order valence-electron chi connectivity index (χ2n) is 4.29. The summed E-state index contributed by atoms with van der Waals surface area (Å²) in [5.74, 6) is -0.527. The maximum atomic E-state index is 11.0. The van der Waals surface area contributed by atoms with Crippen molar-refractivity contribution in [3.8, 4) is 5.69 Å². The minimum atomic E-state index is -0.699. The predicted molar refractivity (Wildman–Crippen MR) is 71.1 cm³/mol. The summed E-state index contributed by atoms with van der Waals surface area (Å²) in [5, 5.41) is 25.2. The van der Waals surface area contributed by atoms with Gasteiger partial charge in [0, 0.05) is 11.1 Å². The molecule has 0 aliphatic rings. The summed E-state index contributed by atoms with van der Waals surface area (Å²) in [6.45, 7) is 3.47. The van der Waals surface area contributed by atoms with Gasteiger partial charge in [-0.05, 0) is 41.8 Å². The summed E-state index contributed by atoms with van der Waals surface area (Å²) in [6, 6.07) is 6.18. The fraction of sp³-hybridized carbons (Fsp3) is 0.273. The molecule has 0 saturated heterocycles. The zero-order valence-electron chi connectivity index (χ0n) is 10.8. The number of nitro groups is 1. The fourth-order valence-corrected chi connectivity index (χ4v) is 1.78. The molecular weight excluding hydrogens is 286 g/mol. The first-order valence-electron chi connectivity index (χ1n) is 5.76. The molecule has 0 amide bonds. The quantitative estimate of drug-likeness (QED) is 0.530. The highest BCUT2D eigenvalue weighted by Crippen LogP contribution is 2.14. The summed E-state index contributed by atoms with van der Waals surface area (Å²) in [5.41, 5.74) is 0.165. The maximum absolute atomic E-state index is 11.0. The molecule has 1 heterocycles. The first-order valence-corrected chi connectivity index (χ1v) is 6.13. The largest absolute Gasteiger partial charge is 0.438 e. The van der Waals surface area contributed by atoms with Gasteiger partial charge >= 0.3 is 5.82 Å². The van der Waals surface area contributed by atoms with Crippen molar-refractivity contribution in [1.29, 1.82) is 0 Å². The monoisotopic (exact) mass is 297 g/mol. The minimum Gasteiger partial charge on any atom is -0.409 e. The fourth-order valence-electron chi connectivity index (χ4n) is 1.60. The number of rotatable bonds is 3. The van der Waals surface area contributed by atoms with E-state index < -0.39 is 10.7 Å². The Bertz CT molecular complexity index is 719. The molecule has 0 unspecified atom stereocenters. The first kappa shape index (κ1) is 14.1. The Kier molecular flexibility index (Phi) is 3.75. The number of aromatic nitrogens is 3. The van der Waals surface area contributed by atoms with E-state index >= 15 is 0 Å². The van der Waals surface area contributed by atoms with Crippen molar-refractivity contribution in [2.75, 3.05) is 0 Å². The molecule has 0 atom stereocenters. The molecule has 20 heavy (non-hydrogen) atoms. The molecule has 8 nitrogen and oxygen atoms in total. The number of hydrogen-bond donors (Lipinski definition) is 1. The Balaban J connectivity index is 2.71. The average Bonchev–Trinajstić information content (AvgIpc) is 2.67. The van der Waals surface area contributed by atoms with Crippen LogP contribution in [0.1, 0.15) is 13.8 Å². The highest BCUT2D eigenvalue weighted by Gasteiger charge is 2.24. The van der Waals surface area contributed by atoms with Crippen LogP contribution in [0.15, 0.2) is 29.3 Å². The lowest BCUT2D eigenvalue weighted by atomic mass is 10.3. The van der Waals surface area contributed by atoms with Crippen molar-refractivity contribution in [3.05, 3.63) is 44.9 Å². The van der Waals surface area contributed by atoms with Crippen LogP contribution in [-0.2, 0) is 0 Å². The van der Waals surface area contributed by atoms with Crippen LogP contribution >= 0.6 is 11.6 Å². The Hall–Kier alpha value is -2.35. The third-order valence-corrected chi connectivity index (χ3v) is 2.59. The maximum Gasteiger partial charge on any atom is 0.438 e. The molecule has 0 saturated carbocycles. The van der Waals surface area contributed by atoms with Gasteiger partial charge in [0.05, 0.1) is 5.10 Å². The summed E-state index contributed by atoms with van der Waals surface area (Å²) in [4.78, 5) is 15.8. The average molecular weight is 298 g/mol. The van der Waals surface area contributed by atoms with Gasteiger partial charge in [-0.25, -0.2) is 0 Å². The van der Waals surface area contributed by atoms with Crippen LogP contribution < -0.4 is 5.49 Å². The van der Waals surface area contributed by atoms with Gasteiger partial charge < -0.3 is 15.3 Å². The van der Waals surface area contributed by atoms with E-state index in [9.17, 15) is 15.3 Å². The van der Waals surface area contributed by atoms with Gasteiger partial charge in [-0.15, -0.1) is 0 Å². The molecule has 2 rings (SSSR count). The third kappa shape index (κ3) is 2.64. The number of nitrogens with zero attached hydrogens (tertiary/aromatic N) is 5. The van der Waals surface area contributed by atoms with Gasteiger partial charge in [-0.3, -0.25) is 4.99 Å². The number of halogens is 1. The number of benzene rings is 1. The van der Waals surface area contributed by atoms with E-state index in [-0.39, 0.29) is 11.5 Å². The van der Waals surface area contributed by atoms with Crippen molar-refractivity contribution in [1.82, 2.24) is 14.7 Å². The second kappa shape index (κ2) is 5.33. The standard InChI is InChI=1S/C11H12ClN5O3/c1-7(2)13-10-11(17(19)20)14-15(16(10)18)9-5-3-4-8(12)6-9/h3-7,18H,1-2H3. The molecule has 0 radical (unpaired) electrons. The van der Waals surface area contributed by atoms with Crippen molar-refractivity contribution in [2.24, 2.45) is 4.99 Å². The van der Waals surface area contributed by atoms with Crippen LogP contribution in [0, 0.1) is 10.1 Å². The number of hydrogen-bond acceptors (Lipinski definition) is 5.